The number of hydrogen-bond donors (Lipinski definition) is 1. The summed E-state index contributed by atoms with van der Waals surface area (Å²) in [4.78, 5) is 11.3. The number of aryl methyl sites for hydroxylation is 1. The Kier molecular flexibility index (Phi) is 4.94. The van der Waals surface area contributed by atoms with Crippen LogP contribution >= 0.6 is 0 Å². The molecule has 0 atom stereocenters. The van der Waals surface area contributed by atoms with E-state index in [1.165, 1.54) is 6.07 Å². The molecule has 0 bridgehead atoms. The lowest BCUT2D eigenvalue weighted by Crippen LogP contribution is -2.32. The lowest BCUT2D eigenvalue weighted by Gasteiger charge is -2.18. The van der Waals surface area contributed by atoms with Crippen molar-refractivity contribution < 1.29 is 13.9 Å². The molecule has 1 amide bonds. The zero-order valence-corrected chi connectivity index (χ0v) is 11.6. The first-order valence-electron chi connectivity index (χ1n) is 6.00. The van der Waals surface area contributed by atoms with Crippen molar-refractivity contribution in [3.63, 3.8) is 0 Å². The third kappa shape index (κ3) is 5.91. The van der Waals surface area contributed by atoms with Gasteiger partial charge in [0.15, 0.2) is 0 Å². The Morgan fingerprint density at radius 1 is 1.42 bits per heavy atom. The van der Waals surface area contributed by atoms with Crippen molar-refractivity contribution in [3.8, 4) is 11.8 Å². The van der Waals surface area contributed by atoms with Crippen molar-refractivity contribution >= 4 is 6.09 Å². The van der Waals surface area contributed by atoms with E-state index >= 15 is 0 Å². The van der Waals surface area contributed by atoms with Gasteiger partial charge in [0, 0.05) is 5.56 Å². The summed E-state index contributed by atoms with van der Waals surface area (Å²) in [6.07, 6.45) is -0.503. The Morgan fingerprint density at radius 3 is 2.68 bits per heavy atom. The van der Waals surface area contributed by atoms with Crippen LogP contribution in [0.2, 0.25) is 0 Å². The van der Waals surface area contributed by atoms with E-state index in [4.69, 9.17) is 4.74 Å². The molecule has 0 radical (unpaired) electrons. The quantitative estimate of drug-likeness (QED) is 0.791. The molecule has 19 heavy (non-hydrogen) atoms. The Hall–Kier alpha value is -2.02. The van der Waals surface area contributed by atoms with Gasteiger partial charge >= 0.3 is 6.09 Å². The van der Waals surface area contributed by atoms with Crippen LogP contribution in [0.3, 0.4) is 0 Å². The number of amides is 1. The monoisotopic (exact) mass is 263 g/mol. The SMILES string of the molecule is Cc1cc(C#CCNC(=O)OC(C)(C)C)ccc1F. The molecule has 0 aliphatic heterocycles. The van der Waals surface area contributed by atoms with Crippen LogP contribution < -0.4 is 5.32 Å². The fraction of sp³-hybridized carbons (Fsp3) is 0.400. The lowest BCUT2D eigenvalue weighted by atomic mass is 10.1. The fourth-order valence-electron chi connectivity index (χ4n) is 1.30. The van der Waals surface area contributed by atoms with Gasteiger partial charge < -0.3 is 10.1 Å². The summed E-state index contributed by atoms with van der Waals surface area (Å²) >= 11 is 0. The highest BCUT2D eigenvalue weighted by molar-refractivity contribution is 5.68. The molecule has 1 rings (SSSR count). The number of halogens is 1. The van der Waals surface area contributed by atoms with E-state index in [9.17, 15) is 9.18 Å². The van der Waals surface area contributed by atoms with E-state index in [1.54, 1.807) is 39.8 Å². The van der Waals surface area contributed by atoms with Crippen molar-refractivity contribution in [2.75, 3.05) is 6.54 Å². The number of rotatable bonds is 1. The average Bonchev–Trinajstić information content (AvgIpc) is 2.27. The maximum Gasteiger partial charge on any atom is 0.408 e. The van der Waals surface area contributed by atoms with Crippen LogP contribution in [0.5, 0.6) is 0 Å². The van der Waals surface area contributed by atoms with Gasteiger partial charge in [-0.15, -0.1) is 0 Å². The standard InChI is InChI=1S/C15H18FNO2/c1-11-10-12(7-8-13(11)16)6-5-9-17-14(18)19-15(2,3)4/h7-8,10H,9H2,1-4H3,(H,17,18). The van der Waals surface area contributed by atoms with Crippen LogP contribution in [0.1, 0.15) is 31.9 Å². The van der Waals surface area contributed by atoms with Gasteiger partial charge in [-0.05, 0) is 51.5 Å². The number of carbonyl (C=O) groups is 1. The Labute approximate surface area is 113 Å². The van der Waals surface area contributed by atoms with Gasteiger partial charge in [0.25, 0.3) is 0 Å². The second-order valence-electron chi connectivity index (χ2n) is 5.12. The summed E-state index contributed by atoms with van der Waals surface area (Å²) in [5.74, 6) is 5.37. The molecule has 0 aliphatic carbocycles. The summed E-state index contributed by atoms with van der Waals surface area (Å²) in [5, 5.41) is 2.53. The molecular formula is C15H18FNO2. The van der Waals surface area contributed by atoms with Crippen molar-refractivity contribution in [2.24, 2.45) is 0 Å². The molecule has 4 heteroatoms. The first-order chi connectivity index (χ1) is 8.78. The Morgan fingerprint density at radius 2 is 2.11 bits per heavy atom. The number of benzene rings is 1. The van der Waals surface area contributed by atoms with E-state index < -0.39 is 11.7 Å². The third-order valence-corrected chi connectivity index (χ3v) is 2.11. The number of ether oxygens (including phenoxy) is 1. The van der Waals surface area contributed by atoms with E-state index in [0.29, 0.717) is 11.1 Å². The van der Waals surface area contributed by atoms with Crippen molar-refractivity contribution in [1.82, 2.24) is 5.32 Å². The number of carbonyl (C=O) groups excluding carboxylic acids is 1. The van der Waals surface area contributed by atoms with Crippen LogP contribution in [0.25, 0.3) is 0 Å². The smallest absolute Gasteiger partial charge is 0.408 e. The predicted molar refractivity (Wildman–Crippen MR) is 72.3 cm³/mol. The van der Waals surface area contributed by atoms with E-state index in [1.807, 2.05) is 0 Å². The van der Waals surface area contributed by atoms with Gasteiger partial charge in [-0.1, -0.05) is 11.8 Å². The van der Waals surface area contributed by atoms with E-state index in [2.05, 4.69) is 17.2 Å². The fourth-order valence-corrected chi connectivity index (χ4v) is 1.30. The first-order valence-corrected chi connectivity index (χ1v) is 6.00. The number of nitrogens with one attached hydrogen (secondary N) is 1. The second-order valence-corrected chi connectivity index (χ2v) is 5.12. The molecule has 0 aromatic heterocycles. The summed E-state index contributed by atoms with van der Waals surface area (Å²) in [7, 11) is 0. The Bertz CT molecular complexity index is 521. The molecular weight excluding hydrogens is 245 g/mol. The molecule has 3 nitrogen and oxygen atoms in total. The molecule has 0 saturated heterocycles. The molecule has 0 spiro atoms. The second kappa shape index (κ2) is 6.24. The molecule has 0 heterocycles. The first kappa shape index (κ1) is 15.0. The molecule has 1 aromatic rings. The third-order valence-electron chi connectivity index (χ3n) is 2.11. The molecule has 0 unspecified atom stereocenters. The topological polar surface area (TPSA) is 38.3 Å². The van der Waals surface area contributed by atoms with Crippen molar-refractivity contribution in [3.05, 3.63) is 35.1 Å². The number of hydrogen-bond acceptors (Lipinski definition) is 2. The maximum atomic E-state index is 13.0. The van der Waals surface area contributed by atoms with Gasteiger partial charge in [0.05, 0.1) is 6.54 Å². The summed E-state index contributed by atoms with van der Waals surface area (Å²) in [6, 6.07) is 4.64. The van der Waals surface area contributed by atoms with Crippen LogP contribution in [0.4, 0.5) is 9.18 Å². The van der Waals surface area contributed by atoms with Crippen LogP contribution in [0.15, 0.2) is 18.2 Å². The zero-order chi connectivity index (χ0) is 14.5. The van der Waals surface area contributed by atoms with Gasteiger partial charge in [-0.2, -0.15) is 0 Å². The largest absolute Gasteiger partial charge is 0.444 e. The minimum absolute atomic E-state index is 0.186. The lowest BCUT2D eigenvalue weighted by molar-refractivity contribution is 0.0535. The molecule has 0 saturated carbocycles. The normalized spacial score (nSPS) is 10.4. The molecule has 0 aliphatic rings. The van der Waals surface area contributed by atoms with Crippen LogP contribution in [-0.2, 0) is 4.74 Å². The number of alkyl carbamates (subject to hydrolysis) is 1. The summed E-state index contributed by atoms with van der Waals surface area (Å²) in [6.45, 7) is 7.24. The highest BCUT2D eigenvalue weighted by Crippen LogP contribution is 2.08. The molecule has 0 fully saturated rings. The van der Waals surface area contributed by atoms with Crippen LogP contribution in [-0.4, -0.2) is 18.2 Å². The highest BCUT2D eigenvalue weighted by atomic mass is 19.1. The predicted octanol–water partition coefficient (Wildman–Crippen LogP) is 3.01. The maximum absolute atomic E-state index is 13.0. The highest BCUT2D eigenvalue weighted by Gasteiger charge is 2.14. The summed E-state index contributed by atoms with van der Waals surface area (Å²) < 4.78 is 18.1. The molecule has 1 N–H and O–H groups in total. The summed E-state index contributed by atoms with van der Waals surface area (Å²) in [5.41, 5.74) is 0.739. The zero-order valence-electron chi connectivity index (χ0n) is 11.6. The van der Waals surface area contributed by atoms with Crippen molar-refractivity contribution in [1.29, 1.82) is 0 Å². The molecule has 1 aromatic carbocycles. The van der Waals surface area contributed by atoms with Gasteiger partial charge in [0.2, 0.25) is 0 Å². The minimum Gasteiger partial charge on any atom is -0.444 e. The van der Waals surface area contributed by atoms with Gasteiger partial charge in [0.1, 0.15) is 11.4 Å². The minimum atomic E-state index is -0.522. The van der Waals surface area contributed by atoms with Crippen LogP contribution in [0, 0.1) is 24.6 Å². The Balaban J connectivity index is 2.47. The van der Waals surface area contributed by atoms with Crippen molar-refractivity contribution in [2.45, 2.75) is 33.3 Å². The van der Waals surface area contributed by atoms with Gasteiger partial charge in [-0.25, -0.2) is 9.18 Å². The van der Waals surface area contributed by atoms with E-state index in [0.717, 1.165) is 0 Å². The molecule has 102 valence electrons. The van der Waals surface area contributed by atoms with Gasteiger partial charge in [-0.3, -0.25) is 0 Å². The van der Waals surface area contributed by atoms with E-state index in [-0.39, 0.29) is 12.4 Å². The average molecular weight is 263 g/mol.